The van der Waals surface area contributed by atoms with Crippen LogP contribution in [0.4, 0.5) is 13.2 Å². The molecule has 4 aromatic rings. The number of alkyl halides is 3. The van der Waals surface area contributed by atoms with E-state index in [0.29, 0.717) is 23.6 Å². The number of benzene rings is 2. The van der Waals surface area contributed by atoms with Crippen LogP contribution in [0.15, 0.2) is 59.7 Å². The molecular weight excluding hydrogens is 399 g/mol. The van der Waals surface area contributed by atoms with Crippen molar-refractivity contribution in [3.05, 3.63) is 76.3 Å². The predicted octanol–water partition coefficient (Wildman–Crippen LogP) is 3.44. The summed E-state index contributed by atoms with van der Waals surface area (Å²) in [6.45, 7) is 2.50. The average molecular weight is 415 g/mol. The summed E-state index contributed by atoms with van der Waals surface area (Å²) in [6, 6.07) is 11.7. The van der Waals surface area contributed by atoms with E-state index in [1.807, 2.05) is 6.92 Å². The molecule has 2 aromatic carbocycles. The van der Waals surface area contributed by atoms with E-state index in [4.69, 9.17) is 4.74 Å². The second kappa shape index (κ2) is 7.62. The molecule has 10 heteroatoms. The number of halogens is 3. The molecule has 0 N–H and O–H groups in total. The van der Waals surface area contributed by atoms with Gasteiger partial charge in [-0.05, 0) is 48.9 Å². The average Bonchev–Trinajstić information content (AvgIpc) is 3.16. The zero-order valence-corrected chi connectivity index (χ0v) is 15.8. The SMILES string of the molecule is CCOc1ccc(-n2nnc3c(=O)n(Cc4ccc(C(F)(F)F)cc4)cnc32)cc1. The Labute approximate surface area is 168 Å². The molecule has 0 unspecified atom stereocenters. The third-order valence-electron chi connectivity index (χ3n) is 4.46. The molecule has 0 aliphatic rings. The minimum Gasteiger partial charge on any atom is -0.494 e. The Morgan fingerprint density at radius 3 is 2.37 bits per heavy atom. The number of ether oxygens (including phenoxy) is 1. The zero-order chi connectivity index (χ0) is 21.3. The Kier molecular flexibility index (Phi) is 4.98. The molecule has 0 spiro atoms. The van der Waals surface area contributed by atoms with Gasteiger partial charge in [0.25, 0.3) is 5.56 Å². The van der Waals surface area contributed by atoms with Crippen LogP contribution < -0.4 is 10.3 Å². The molecule has 0 saturated carbocycles. The standard InChI is InChI=1S/C20H16F3N5O2/c1-2-30-16-9-7-15(8-10-16)28-18-17(25-26-28)19(29)27(12-24-18)11-13-3-5-14(6-4-13)20(21,22)23/h3-10,12H,2,11H2,1H3. The van der Waals surface area contributed by atoms with Crippen molar-refractivity contribution in [1.82, 2.24) is 24.5 Å². The molecule has 0 radical (unpaired) electrons. The van der Waals surface area contributed by atoms with Crippen LogP contribution in [-0.4, -0.2) is 31.2 Å². The highest BCUT2D eigenvalue weighted by molar-refractivity contribution is 5.70. The highest BCUT2D eigenvalue weighted by atomic mass is 19.4. The van der Waals surface area contributed by atoms with Gasteiger partial charge < -0.3 is 4.74 Å². The van der Waals surface area contributed by atoms with Gasteiger partial charge in [0, 0.05) is 0 Å². The van der Waals surface area contributed by atoms with Gasteiger partial charge in [0.15, 0.2) is 11.2 Å². The molecule has 154 valence electrons. The summed E-state index contributed by atoms with van der Waals surface area (Å²) in [5.41, 5.74) is 0.368. The van der Waals surface area contributed by atoms with Crippen molar-refractivity contribution in [2.45, 2.75) is 19.6 Å². The van der Waals surface area contributed by atoms with Crippen LogP contribution in [0.5, 0.6) is 5.75 Å². The van der Waals surface area contributed by atoms with E-state index in [1.165, 1.54) is 27.7 Å². The molecule has 7 nitrogen and oxygen atoms in total. The molecule has 0 bridgehead atoms. The highest BCUT2D eigenvalue weighted by Gasteiger charge is 2.29. The molecule has 4 rings (SSSR count). The molecular formula is C20H16F3N5O2. The Hall–Kier alpha value is -3.69. The van der Waals surface area contributed by atoms with E-state index in [0.717, 1.165) is 12.1 Å². The van der Waals surface area contributed by atoms with Gasteiger partial charge in [-0.2, -0.15) is 17.9 Å². The van der Waals surface area contributed by atoms with Crippen LogP contribution in [0.3, 0.4) is 0 Å². The van der Waals surface area contributed by atoms with Crippen molar-refractivity contribution in [1.29, 1.82) is 0 Å². The quantitative estimate of drug-likeness (QED) is 0.499. The smallest absolute Gasteiger partial charge is 0.416 e. The third kappa shape index (κ3) is 3.76. The first kappa shape index (κ1) is 19.6. The minimum atomic E-state index is -4.41. The molecule has 0 saturated heterocycles. The van der Waals surface area contributed by atoms with Crippen LogP contribution in [-0.2, 0) is 12.7 Å². The summed E-state index contributed by atoms with van der Waals surface area (Å²) < 4.78 is 46.2. The lowest BCUT2D eigenvalue weighted by atomic mass is 10.1. The van der Waals surface area contributed by atoms with Crippen molar-refractivity contribution >= 4 is 11.2 Å². The van der Waals surface area contributed by atoms with Crippen molar-refractivity contribution in [2.75, 3.05) is 6.61 Å². The van der Waals surface area contributed by atoms with E-state index in [9.17, 15) is 18.0 Å². The van der Waals surface area contributed by atoms with Gasteiger partial charge >= 0.3 is 6.18 Å². The first-order valence-electron chi connectivity index (χ1n) is 9.07. The summed E-state index contributed by atoms with van der Waals surface area (Å²) in [6.07, 6.45) is -3.08. The zero-order valence-electron chi connectivity index (χ0n) is 15.8. The molecule has 0 fully saturated rings. The fraction of sp³-hybridized carbons (Fsp3) is 0.200. The van der Waals surface area contributed by atoms with E-state index in [2.05, 4.69) is 15.3 Å². The number of hydrogen-bond acceptors (Lipinski definition) is 5. The lowest BCUT2D eigenvalue weighted by molar-refractivity contribution is -0.137. The summed E-state index contributed by atoms with van der Waals surface area (Å²) >= 11 is 0. The first-order chi connectivity index (χ1) is 14.4. The number of fused-ring (bicyclic) bond motifs is 1. The Morgan fingerprint density at radius 1 is 1.03 bits per heavy atom. The van der Waals surface area contributed by atoms with Crippen molar-refractivity contribution < 1.29 is 17.9 Å². The van der Waals surface area contributed by atoms with Crippen molar-refractivity contribution in [3.63, 3.8) is 0 Å². The van der Waals surface area contributed by atoms with Crippen molar-refractivity contribution in [3.8, 4) is 11.4 Å². The topological polar surface area (TPSA) is 74.8 Å². The maximum atomic E-state index is 12.8. The molecule has 0 aliphatic carbocycles. The van der Waals surface area contributed by atoms with Crippen LogP contribution in [0, 0.1) is 0 Å². The third-order valence-corrected chi connectivity index (χ3v) is 4.46. The maximum absolute atomic E-state index is 12.8. The van der Waals surface area contributed by atoms with Crippen LogP contribution in [0.25, 0.3) is 16.9 Å². The van der Waals surface area contributed by atoms with Crippen LogP contribution >= 0.6 is 0 Å². The maximum Gasteiger partial charge on any atom is 0.416 e. The van der Waals surface area contributed by atoms with Gasteiger partial charge in [-0.15, -0.1) is 5.10 Å². The second-order valence-corrected chi connectivity index (χ2v) is 6.47. The fourth-order valence-corrected chi connectivity index (χ4v) is 2.98. The van der Waals surface area contributed by atoms with Crippen LogP contribution in [0.1, 0.15) is 18.1 Å². The number of nitrogens with zero attached hydrogens (tertiary/aromatic N) is 5. The van der Waals surface area contributed by atoms with E-state index < -0.39 is 17.3 Å². The van der Waals surface area contributed by atoms with Gasteiger partial charge in [-0.3, -0.25) is 9.36 Å². The minimum absolute atomic E-state index is 0.0653. The normalized spacial score (nSPS) is 11.7. The van der Waals surface area contributed by atoms with E-state index in [-0.39, 0.29) is 17.7 Å². The summed E-state index contributed by atoms with van der Waals surface area (Å²) in [5, 5.41) is 7.95. The summed E-state index contributed by atoms with van der Waals surface area (Å²) in [7, 11) is 0. The summed E-state index contributed by atoms with van der Waals surface area (Å²) in [5.74, 6) is 0.706. The van der Waals surface area contributed by atoms with Gasteiger partial charge in [0.1, 0.15) is 12.1 Å². The lowest BCUT2D eigenvalue weighted by Gasteiger charge is -2.09. The fourth-order valence-electron chi connectivity index (χ4n) is 2.98. The highest BCUT2D eigenvalue weighted by Crippen LogP contribution is 2.29. The van der Waals surface area contributed by atoms with Crippen molar-refractivity contribution in [2.24, 2.45) is 0 Å². The first-order valence-corrected chi connectivity index (χ1v) is 9.07. The van der Waals surface area contributed by atoms with Gasteiger partial charge in [-0.1, -0.05) is 17.3 Å². The number of hydrogen-bond donors (Lipinski definition) is 0. The van der Waals surface area contributed by atoms with Crippen LogP contribution in [0.2, 0.25) is 0 Å². The van der Waals surface area contributed by atoms with Gasteiger partial charge in [-0.25, -0.2) is 4.98 Å². The molecule has 2 aromatic heterocycles. The second-order valence-electron chi connectivity index (χ2n) is 6.47. The molecule has 2 heterocycles. The van der Waals surface area contributed by atoms with E-state index >= 15 is 0 Å². The largest absolute Gasteiger partial charge is 0.494 e. The Balaban J connectivity index is 1.63. The Morgan fingerprint density at radius 2 is 1.73 bits per heavy atom. The van der Waals surface area contributed by atoms with Gasteiger partial charge in [0.2, 0.25) is 0 Å². The van der Waals surface area contributed by atoms with Gasteiger partial charge in [0.05, 0.1) is 24.4 Å². The van der Waals surface area contributed by atoms with E-state index in [1.54, 1.807) is 24.3 Å². The number of rotatable bonds is 5. The summed E-state index contributed by atoms with van der Waals surface area (Å²) in [4.78, 5) is 17.0. The Bertz CT molecular complexity index is 1230. The molecule has 0 atom stereocenters. The lowest BCUT2D eigenvalue weighted by Crippen LogP contribution is -2.21. The predicted molar refractivity (Wildman–Crippen MR) is 103 cm³/mol. The number of aromatic nitrogens is 5. The molecule has 0 amide bonds. The molecule has 30 heavy (non-hydrogen) atoms. The monoisotopic (exact) mass is 415 g/mol. The molecule has 0 aliphatic heterocycles.